The Hall–Kier alpha value is -1.71. The largest absolute Gasteiger partial charge is 0.454 e. The summed E-state index contributed by atoms with van der Waals surface area (Å²) in [6.45, 7) is 4.47. The van der Waals surface area contributed by atoms with E-state index in [4.69, 9.17) is 9.47 Å². The number of carbonyl (C=O) groups is 1. The Kier molecular flexibility index (Phi) is 4.88. The molecule has 0 radical (unpaired) electrons. The van der Waals surface area contributed by atoms with Crippen molar-refractivity contribution in [1.82, 2.24) is 4.90 Å². The first kappa shape index (κ1) is 14.7. The van der Waals surface area contributed by atoms with Gasteiger partial charge in [0, 0.05) is 19.5 Å². The fourth-order valence-electron chi connectivity index (χ4n) is 2.30. The molecule has 0 bridgehead atoms. The second kappa shape index (κ2) is 6.64. The highest BCUT2D eigenvalue weighted by molar-refractivity contribution is 5.76. The van der Waals surface area contributed by atoms with Crippen LogP contribution in [0.5, 0.6) is 11.5 Å². The number of carbonyl (C=O) groups excluding carboxylic acids is 1. The van der Waals surface area contributed by atoms with Gasteiger partial charge in [-0.2, -0.15) is 0 Å². The Labute approximate surface area is 120 Å². The summed E-state index contributed by atoms with van der Waals surface area (Å²) in [5.41, 5.74) is 1.16. The number of hydrogen-bond donors (Lipinski definition) is 0. The molecule has 0 aromatic heterocycles. The number of hydrogen-bond acceptors (Lipinski definition) is 3. The van der Waals surface area contributed by atoms with Gasteiger partial charge in [-0.05, 0) is 37.5 Å². The lowest BCUT2D eigenvalue weighted by Gasteiger charge is -2.25. The van der Waals surface area contributed by atoms with Crippen LogP contribution in [-0.2, 0) is 11.2 Å². The molecule has 0 aliphatic carbocycles. The molecular weight excluding hydrogens is 254 g/mol. The van der Waals surface area contributed by atoms with Gasteiger partial charge in [0.15, 0.2) is 11.5 Å². The van der Waals surface area contributed by atoms with Gasteiger partial charge in [-0.3, -0.25) is 4.79 Å². The monoisotopic (exact) mass is 277 g/mol. The first-order chi connectivity index (χ1) is 9.61. The number of ether oxygens (including phenoxy) is 2. The minimum Gasteiger partial charge on any atom is -0.454 e. The third-order valence-electron chi connectivity index (χ3n) is 3.77. The first-order valence-electron chi connectivity index (χ1n) is 7.26. The minimum absolute atomic E-state index is 0.180. The molecule has 0 N–H and O–H groups in total. The van der Waals surface area contributed by atoms with Crippen LogP contribution in [0.15, 0.2) is 18.2 Å². The normalized spacial score (nSPS) is 14.2. The van der Waals surface area contributed by atoms with Crippen LogP contribution in [0.1, 0.15) is 38.7 Å². The molecule has 1 aromatic rings. The molecule has 2 rings (SSSR count). The minimum atomic E-state index is 0.180. The van der Waals surface area contributed by atoms with Crippen LogP contribution in [0.25, 0.3) is 0 Å². The van der Waals surface area contributed by atoms with Crippen LogP contribution < -0.4 is 9.47 Å². The Morgan fingerprint density at radius 1 is 1.35 bits per heavy atom. The number of benzene rings is 1. The summed E-state index contributed by atoms with van der Waals surface area (Å²) in [7, 11) is 1.88. The summed E-state index contributed by atoms with van der Waals surface area (Å²) in [4.78, 5) is 13.8. The smallest absolute Gasteiger partial charge is 0.231 e. The zero-order chi connectivity index (χ0) is 14.5. The van der Waals surface area contributed by atoms with Crippen molar-refractivity contribution in [2.24, 2.45) is 0 Å². The van der Waals surface area contributed by atoms with Gasteiger partial charge in [0.05, 0.1) is 0 Å². The summed E-state index contributed by atoms with van der Waals surface area (Å²) in [6.07, 6.45) is 3.47. The van der Waals surface area contributed by atoms with Crippen LogP contribution in [-0.4, -0.2) is 30.7 Å². The van der Waals surface area contributed by atoms with Crippen molar-refractivity contribution < 1.29 is 14.3 Å². The zero-order valence-electron chi connectivity index (χ0n) is 12.5. The Morgan fingerprint density at radius 3 is 2.85 bits per heavy atom. The standard InChI is InChI=1S/C16H23NO3/c1-4-5-6-16(18)17(3)12(2)9-13-7-8-14-15(10-13)20-11-19-14/h7-8,10,12H,4-6,9,11H2,1-3H3. The molecule has 1 heterocycles. The van der Waals surface area contributed by atoms with E-state index in [1.54, 1.807) is 0 Å². The van der Waals surface area contributed by atoms with Gasteiger partial charge in [-0.15, -0.1) is 0 Å². The van der Waals surface area contributed by atoms with Crippen LogP contribution in [0.2, 0.25) is 0 Å². The lowest BCUT2D eigenvalue weighted by Crippen LogP contribution is -2.36. The van der Waals surface area contributed by atoms with Gasteiger partial charge >= 0.3 is 0 Å². The third kappa shape index (κ3) is 3.44. The third-order valence-corrected chi connectivity index (χ3v) is 3.77. The fraction of sp³-hybridized carbons (Fsp3) is 0.562. The molecule has 1 aliphatic rings. The Balaban J connectivity index is 1.93. The van der Waals surface area contributed by atoms with E-state index in [0.717, 1.165) is 36.3 Å². The topological polar surface area (TPSA) is 38.8 Å². The maximum atomic E-state index is 12.0. The molecule has 0 spiro atoms. The highest BCUT2D eigenvalue weighted by Gasteiger charge is 2.18. The van der Waals surface area contributed by atoms with Crippen LogP contribution in [0.3, 0.4) is 0 Å². The predicted molar refractivity (Wildman–Crippen MR) is 78.0 cm³/mol. The average molecular weight is 277 g/mol. The van der Waals surface area contributed by atoms with Crippen molar-refractivity contribution in [3.05, 3.63) is 23.8 Å². The average Bonchev–Trinajstić information content (AvgIpc) is 2.91. The van der Waals surface area contributed by atoms with E-state index in [1.165, 1.54) is 0 Å². The van der Waals surface area contributed by atoms with Crippen LogP contribution in [0.4, 0.5) is 0 Å². The maximum Gasteiger partial charge on any atom is 0.231 e. The van der Waals surface area contributed by atoms with Gasteiger partial charge in [0.1, 0.15) is 0 Å². The van der Waals surface area contributed by atoms with Gasteiger partial charge in [-0.1, -0.05) is 19.4 Å². The Morgan fingerprint density at radius 2 is 2.10 bits per heavy atom. The molecule has 20 heavy (non-hydrogen) atoms. The number of fused-ring (bicyclic) bond motifs is 1. The highest BCUT2D eigenvalue weighted by atomic mass is 16.7. The SMILES string of the molecule is CCCCC(=O)N(C)C(C)Cc1ccc2c(c1)OCO2. The number of amides is 1. The molecule has 1 aromatic carbocycles. The van der Waals surface area contributed by atoms with E-state index < -0.39 is 0 Å². The zero-order valence-corrected chi connectivity index (χ0v) is 12.5. The number of nitrogens with zero attached hydrogens (tertiary/aromatic N) is 1. The summed E-state index contributed by atoms with van der Waals surface area (Å²) < 4.78 is 10.7. The van der Waals surface area contributed by atoms with E-state index in [0.29, 0.717) is 13.2 Å². The molecule has 4 nitrogen and oxygen atoms in total. The summed E-state index contributed by atoms with van der Waals surface area (Å²) >= 11 is 0. The lowest BCUT2D eigenvalue weighted by atomic mass is 10.0. The number of likely N-dealkylation sites (N-methyl/N-ethyl adjacent to an activating group) is 1. The quantitative estimate of drug-likeness (QED) is 0.802. The molecule has 0 saturated carbocycles. The van der Waals surface area contributed by atoms with Crippen molar-refractivity contribution in [3.63, 3.8) is 0 Å². The summed E-state index contributed by atoms with van der Waals surface area (Å²) in [6, 6.07) is 6.15. The van der Waals surface area contributed by atoms with Crippen LogP contribution in [0, 0.1) is 0 Å². The second-order valence-corrected chi connectivity index (χ2v) is 5.35. The van der Waals surface area contributed by atoms with Gasteiger partial charge in [0.25, 0.3) is 0 Å². The molecule has 1 amide bonds. The van der Waals surface area contributed by atoms with Gasteiger partial charge in [-0.25, -0.2) is 0 Å². The van der Waals surface area contributed by atoms with Crippen LogP contribution >= 0.6 is 0 Å². The molecule has 4 heteroatoms. The molecule has 1 unspecified atom stereocenters. The Bertz CT molecular complexity index is 473. The van der Waals surface area contributed by atoms with Crippen molar-refractivity contribution in [2.75, 3.05) is 13.8 Å². The highest BCUT2D eigenvalue weighted by Crippen LogP contribution is 2.32. The number of unbranched alkanes of at least 4 members (excludes halogenated alkanes) is 1. The van der Waals surface area contributed by atoms with Crippen molar-refractivity contribution in [3.8, 4) is 11.5 Å². The van der Waals surface area contributed by atoms with Gasteiger partial charge in [0.2, 0.25) is 12.7 Å². The predicted octanol–water partition coefficient (Wildman–Crippen LogP) is 2.99. The molecule has 1 atom stereocenters. The van der Waals surface area contributed by atoms with Crippen molar-refractivity contribution in [2.45, 2.75) is 45.6 Å². The van der Waals surface area contributed by atoms with E-state index in [9.17, 15) is 4.79 Å². The van der Waals surface area contributed by atoms with E-state index in [2.05, 4.69) is 13.8 Å². The number of rotatable bonds is 6. The molecule has 1 aliphatic heterocycles. The molecular formula is C16H23NO3. The summed E-state index contributed by atoms with van der Waals surface area (Å²) in [5, 5.41) is 0. The molecule has 110 valence electrons. The first-order valence-corrected chi connectivity index (χ1v) is 7.26. The van der Waals surface area contributed by atoms with Crippen molar-refractivity contribution >= 4 is 5.91 Å². The molecule has 0 saturated heterocycles. The van der Waals surface area contributed by atoms with E-state index >= 15 is 0 Å². The fourth-order valence-corrected chi connectivity index (χ4v) is 2.30. The maximum absolute atomic E-state index is 12.0. The lowest BCUT2D eigenvalue weighted by molar-refractivity contribution is -0.131. The van der Waals surface area contributed by atoms with Crippen molar-refractivity contribution in [1.29, 1.82) is 0 Å². The molecule has 0 fully saturated rings. The summed E-state index contributed by atoms with van der Waals surface area (Å²) in [5.74, 6) is 1.82. The van der Waals surface area contributed by atoms with E-state index in [1.807, 2.05) is 30.1 Å². The second-order valence-electron chi connectivity index (χ2n) is 5.35. The van der Waals surface area contributed by atoms with Gasteiger partial charge < -0.3 is 14.4 Å². The van der Waals surface area contributed by atoms with E-state index in [-0.39, 0.29) is 11.9 Å².